The monoisotopic (exact) mass is 328 g/mol. The quantitative estimate of drug-likeness (QED) is 0.740. The first-order chi connectivity index (χ1) is 9.76. The Morgan fingerprint density at radius 2 is 1.86 bits per heavy atom. The molecule has 0 fully saturated rings. The standard InChI is InChI=1S/C15H24N2O2S2/c1-4-17(11-12(2)3)9-10-21(18,19)14-7-5-13(6-8-14)15(16)20/h5-8,12H,4,9-11H2,1-3H3,(H2,16,20). The Hall–Kier alpha value is -0.980. The molecule has 0 aliphatic carbocycles. The van der Waals surface area contributed by atoms with E-state index in [0.29, 0.717) is 22.9 Å². The molecule has 0 saturated carbocycles. The highest BCUT2D eigenvalue weighted by molar-refractivity contribution is 7.91. The summed E-state index contributed by atoms with van der Waals surface area (Å²) in [4.78, 5) is 2.75. The molecule has 6 heteroatoms. The van der Waals surface area contributed by atoms with Crippen molar-refractivity contribution in [2.75, 3.05) is 25.4 Å². The number of sulfone groups is 1. The van der Waals surface area contributed by atoms with Gasteiger partial charge >= 0.3 is 0 Å². The highest BCUT2D eigenvalue weighted by atomic mass is 32.2. The van der Waals surface area contributed by atoms with Gasteiger partial charge in [0.25, 0.3) is 0 Å². The van der Waals surface area contributed by atoms with E-state index in [1.807, 2.05) is 6.92 Å². The van der Waals surface area contributed by atoms with Gasteiger partial charge in [-0.15, -0.1) is 0 Å². The van der Waals surface area contributed by atoms with Gasteiger partial charge in [0, 0.05) is 18.7 Å². The smallest absolute Gasteiger partial charge is 0.179 e. The fourth-order valence-corrected chi connectivity index (χ4v) is 3.51. The molecule has 0 unspecified atom stereocenters. The summed E-state index contributed by atoms with van der Waals surface area (Å²) in [5, 5.41) is 0. The van der Waals surface area contributed by atoms with Crippen molar-refractivity contribution >= 4 is 27.0 Å². The van der Waals surface area contributed by atoms with Gasteiger partial charge in [-0.05, 0) is 24.6 Å². The van der Waals surface area contributed by atoms with Crippen molar-refractivity contribution in [2.24, 2.45) is 11.7 Å². The summed E-state index contributed by atoms with van der Waals surface area (Å²) >= 11 is 4.86. The number of rotatable bonds is 8. The fraction of sp³-hybridized carbons (Fsp3) is 0.533. The lowest BCUT2D eigenvalue weighted by atomic mass is 10.2. The molecule has 0 atom stereocenters. The van der Waals surface area contributed by atoms with Crippen LogP contribution in [0, 0.1) is 5.92 Å². The van der Waals surface area contributed by atoms with E-state index in [1.54, 1.807) is 24.3 Å². The van der Waals surface area contributed by atoms with Crippen molar-refractivity contribution in [2.45, 2.75) is 25.7 Å². The molecule has 0 aliphatic rings. The lowest BCUT2D eigenvalue weighted by molar-refractivity contribution is 0.270. The van der Waals surface area contributed by atoms with Gasteiger partial charge in [-0.2, -0.15) is 0 Å². The highest BCUT2D eigenvalue weighted by Gasteiger charge is 2.16. The number of hydrogen-bond donors (Lipinski definition) is 1. The summed E-state index contributed by atoms with van der Waals surface area (Å²) in [6.07, 6.45) is 0. The molecule has 0 aromatic heterocycles. The minimum Gasteiger partial charge on any atom is -0.389 e. The third-order valence-electron chi connectivity index (χ3n) is 3.24. The number of hydrogen-bond acceptors (Lipinski definition) is 4. The van der Waals surface area contributed by atoms with E-state index >= 15 is 0 Å². The van der Waals surface area contributed by atoms with Crippen LogP contribution in [0.4, 0.5) is 0 Å². The molecule has 0 bridgehead atoms. The summed E-state index contributed by atoms with van der Waals surface area (Å²) < 4.78 is 24.7. The summed E-state index contributed by atoms with van der Waals surface area (Å²) in [5.74, 6) is 0.650. The van der Waals surface area contributed by atoms with Gasteiger partial charge in [0.2, 0.25) is 0 Å². The van der Waals surface area contributed by atoms with Gasteiger partial charge in [0.1, 0.15) is 4.99 Å². The van der Waals surface area contributed by atoms with Crippen molar-refractivity contribution in [3.8, 4) is 0 Å². The van der Waals surface area contributed by atoms with Crippen LogP contribution in [0.3, 0.4) is 0 Å². The zero-order valence-electron chi connectivity index (χ0n) is 12.9. The Morgan fingerprint density at radius 1 is 1.29 bits per heavy atom. The van der Waals surface area contributed by atoms with E-state index in [0.717, 1.165) is 13.1 Å². The topological polar surface area (TPSA) is 63.4 Å². The lowest BCUT2D eigenvalue weighted by Gasteiger charge is -2.22. The van der Waals surface area contributed by atoms with E-state index in [2.05, 4.69) is 18.7 Å². The van der Waals surface area contributed by atoms with Crippen molar-refractivity contribution in [3.63, 3.8) is 0 Å². The van der Waals surface area contributed by atoms with Gasteiger partial charge in [-0.3, -0.25) is 0 Å². The maximum atomic E-state index is 12.3. The lowest BCUT2D eigenvalue weighted by Crippen LogP contribution is -2.32. The van der Waals surface area contributed by atoms with Crippen LogP contribution in [0.2, 0.25) is 0 Å². The van der Waals surface area contributed by atoms with Crippen molar-refractivity contribution < 1.29 is 8.42 Å². The fourth-order valence-electron chi connectivity index (χ4n) is 2.09. The van der Waals surface area contributed by atoms with E-state index in [-0.39, 0.29) is 10.7 Å². The zero-order valence-corrected chi connectivity index (χ0v) is 14.5. The van der Waals surface area contributed by atoms with E-state index in [4.69, 9.17) is 18.0 Å². The Bertz CT molecular complexity index is 566. The van der Waals surface area contributed by atoms with Crippen LogP contribution in [-0.2, 0) is 9.84 Å². The minimum atomic E-state index is -3.27. The Labute approximate surface area is 133 Å². The first kappa shape index (κ1) is 18.1. The molecule has 4 nitrogen and oxygen atoms in total. The molecule has 1 aromatic carbocycles. The zero-order chi connectivity index (χ0) is 16.0. The average Bonchev–Trinajstić information content (AvgIpc) is 2.43. The van der Waals surface area contributed by atoms with Crippen LogP contribution >= 0.6 is 12.2 Å². The van der Waals surface area contributed by atoms with E-state index in [9.17, 15) is 8.42 Å². The number of nitrogens with zero attached hydrogens (tertiary/aromatic N) is 1. The van der Waals surface area contributed by atoms with E-state index < -0.39 is 9.84 Å². The predicted molar refractivity (Wildman–Crippen MR) is 91.3 cm³/mol. The molecule has 0 saturated heterocycles. The van der Waals surface area contributed by atoms with Crippen molar-refractivity contribution in [1.82, 2.24) is 4.90 Å². The molecule has 118 valence electrons. The van der Waals surface area contributed by atoms with Crippen molar-refractivity contribution in [3.05, 3.63) is 29.8 Å². The second kappa shape index (κ2) is 7.87. The van der Waals surface area contributed by atoms with Crippen LogP contribution in [0.25, 0.3) is 0 Å². The van der Waals surface area contributed by atoms with E-state index in [1.165, 1.54) is 0 Å². The number of thiocarbonyl (C=S) groups is 1. The SMILES string of the molecule is CCN(CCS(=O)(=O)c1ccc(C(N)=S)cc1)CC(C)C. The highest BCUT2D eigenvalue weighted by Crippen LogP contribution is 2.13. The number of benzene rings is 1. The molecule has 1 aromatic rings. The molecular formula is C15H24N2O2S2. The van der Waals surface area contributed by atoms with Crippen LogP contribution in [0.15, 0.2) is 29.2 Å². The molecule has 0 radical (unpaired) electrons. The average molecular weight is 329 g/mol. The van der Waals surface area contributed by atoms with Gasteiger partial charge in [-0.25, -0.2) is 8.42 Å². The first-order valence-electron chi connectivity index (χ1n) is 7.11. The molecule has 0 aliphatic heterocycles. The maximum absolute atomic E-state index is 12.3. The van der Waals surface area contributed by atoms with Crippen molar-refractivity contribution in [1.29, 1.82) is 0 Å². The Morgan fingerprint density at radius 3 is 2.29 bits per heavy atom. The van der Waals surface area contributed by atoms with Crippen LogP contribution in [-0.4, -0.2) is 43.7 Å². The molecule has 2 N–H and O–H groups in total. The summed E-state index contributed by atoms with van der Waals surface area (Å²) in [5.41, 5.74) is 6.19. The first-order valence-corrected chi connectivity index (χ1v) is 9.17. The molecule has 21 heavy (non-hydrogen) atoms. The molecule has 0 heterocycles. The maximum Gasteiger partial charge on any atom is 0.179 e. The van der Waals surface area contributed by atoms with Gasteiger partial charge < -0.3 is 10.6 Å². The Kier molecular flexibility index (Phi) is 6.77. The van der Waals surface area contributed by atoms with Crippen LogP contribution in [0.1, 0.15) is 26.3 Å². The summed E-state index contributed by atoms with van der Waals surface area (Å²) in [6.45, 7) is 8.62. The summed E-state index contributed by atoms with van der Waals surface area (Å²) in [7, 11) is -3.27. The van der Waals surface area contributed by atoms with Gasteiger partial charge in [0.15, 0.2) is 9.84 Å². The third kappa shape index (κ3) is 5.73. The second-order valence-corrected chi connectivity index (χ2v) is 8.04. The molecular weight excluding hydrogens is 304 g/mol. The molecule has 1 rings (SSSR count). The van der Waals surface area contributed by atoms with Gasteiger partial charge in [0.05, 0.1) is 10.6 Å². The largest absolute Gasteiger partial charge is 0.389 e. The number of nitrogens with two attached hydrogens (primary N) is 1. The minimum absolute atomic E-state index is 0.125. The molecule has 0 amide bonds. The van der Waals surface area contributed by atoms with Gasteiger partial charge in [-0.1, -0.05) is 45.1 Å². The predicted octanol–water partition coefficient (Wildman–Crippen LogP) is 2.07. The van der Waals surface area contributed by atoms with Crippen LogP contribution in [0.5, 0.6) is 0 Å². The normalized spacial score (nSPS) is 12.0. The van der Waals surface area contributed by atoms with Crippen LogP contribution < -0.4 is 5.73 Å². The Balaban J connectivity index is 2.74. The third-order valence-corrected chi connectivity index (χ3v) is 5.19. The second-order valence-electron chi connectivity index (χ2n) is 5.49. The summed E-state index contributed by atoms with van der Waals surface area (Å²) in [6, 6.07) is 6.45. The molecule has 0 spiro atoms.